The van der Waals surface area contributed by atoms with Gasteiger partial charge in [-0.3, -0.25) is 10.1 Å². The third kappa shape index (κ3) is 3.56. The molecule has 0 spiro atoms. The molecule has 1 N–H and O–H groups in total. The normalized spacial score (nSPS) is 11.9. The van der Waals surface area contributed by atoms with Crippen LogP contribution in [-0.4, -0.2) is 18.9 Å². The maximum absolute atomic E-state index is 12.4. The van der Waals surface area contributed by atoms with E-state index in [-0.39, 0.29) is 10.6 Å². The zero-order chi connectivity index (χ0) is 16.3. The Morgan fingerprint density at radius 2 is 1.95 bits per heavy atom. The highest BCUT2D eigenvalue weighted by Gasteiger charge is 2.33. The highest BCUT2D eigenvalue weighted by Crippen LogP contribution is 2.24. The van der Waals surface area contributed by atoms with Gasteiger partial charge in [0, 0.05) is 12.1 Å². The van der Waals surface area contributed by atoms with E-state index >= 15 is 0 Å². The van der Waals surface area contributed by atoms with Crippen molar-refractivity contribution in [1.29, 1.82) is 5.26 Å². The lowest BCUT2D eigenvalue weighted by Gasteiger charge is -2.25. The first-order valence-electron chi connectivity index (χ1n) is 6.41. The van der Waals surface area contributed by atoms with Gasteiger partial charge in [-0.2, -0.15) is 9.98 Å². The van der Waals surface area contributed by atoms with Gasteiger partial charge in [0.15, 0.2) is 0 Å². The number of nitrogens with zero attached hydrogens (tertiary/aromatic N) is 2. The van der Waals surface area contributed by atoms with E-state index in [0.717, 1.165) is 6.07 Å². The van der Waals surface area contributed by atoms with Crippen LogP contribution in [0.25, 0.3) is 0 Å². The highest BCUT2D eigenvalue weighted by atomic mass is 32.2. The number of sulfonamides is 1. The van der Waals surface area contributed by atoms with Crippen molar-refractivity contribution in [3.8, 4) is 6.07 Å². The van der Waals surface area contributed by atoms with Gasteiger partial charge in [-0.25, -0.2) is 8.42 Å². The fraction of sp³-hybridized carbons (Fsp3) is 0.462. The molecule has 0 atom stereocenters. The smallest absolute Gasteiger partial charge is 0.258 e. The number of nitriles is 1. The summed E-state index contributed by atoms with van der Waals surface area (Å²) in [6, 6.07) is 5.59. The molecule has 0 bridgehead atoms. The van der Waals surface area contributed by atoms with Crippen molar-refractivity contribution < 1.29 is 13.3 Å². The average molecular weight is 311 g/mol. The minimum atomic E-state index is -4.02. The molecule has 0 saturated carbocycles. The number of hydrogen-bond donors (Lipinski definition) is 1. The SMILES string of the molecule is CCC(C#N)(CC)NS(=O)(=O)c1cc([N+](=O)[O-])ccc1C. The molecule has 0 fully saturated rings. The Kier molecular flexibility index (Phi) is 5.04. The lowest BCUT2D eigenvalue weighted by molar-refractivity contribution is -0.385. The van der Waals surface area contributed by atoms with Gasteiger partial charge in [-0.05, 0) is 25.3 Å². The second-order valence-electron chi connectivity index (χ2n) is 4.71. The zero-order valence-corrected chi connectivity index (χ0v) is 12.9. The van der Waals surface area contributed by atoms with Gasteiger partial charge in [0.2, 0.25) is 10.0 Å². The van der Waals surface area contributed by atoms with Crippen molar-refractivity contribution in [2.75, 3.05) is 0 Å². The Labute approximate surface area is 123 Å². The molecule has 0 aliphatic heterocycles. The first-order valence-corrected chi connectivity index (χ1v) is 7.90. The van der Waals surface area contributed by atoms with Crippen LogP contribution in [0.2, 0.25) is 0 Å². The molecule has 0 heterocycles. The molecule has 0 radical (unpaired) electrons. The van der Waals surface area contributed by atoms with Crippen LogP contribution >= 0.6 is 0 Å². The highest BCUT2D eigenvalue weighted by molar-refractivity contribution is 7.89. The van der Waals surface area contributed by atoms with Gasteiger partial charge in [0.05, 0.1) is 15.9 Å². The van der Waals surface area contributed by atoms with Crippen molar-refractivity contribution >= 4 is 15.7 Å². The Balaban J connectivity index is 3.35. The number of nitro benzene ring substituents is 1. The molecule has 1 rings (SSSR count). The summed E-state index contributed by atoms with van der Waals surface area (Å²) in [7, 11) is -4.02. The van der Waals surface area contributed by atoms with Crippen LogP contribution in [0, 0.1) is 28.4 Å². The van der Waals surface area contributed by atoms with Gasteiger partial charge in [0.1, 0.15) is 5.54 Å². The fourth-order valence-corrected chi connectivity index (χ4v) is 3.61. The van der Waals surface area contributed by atoms with E-state index in [2.05, 4.69) is 4.72 Å². The van der Waals surface area contributed by atoms with E-state index in [1.165, 1.54) is 12.1 Å². The minimum absolute atomic E-state index is 0.182. The minimum Gasteiger partial charge on any atom is -0.258 e. The lowest BCUT2D eigenvalue weighted by atomic mass is 9.97. The van der Waals surface area contributed by atoms with Crippen LogP contribution in [0.1, 0.15) is 32.3 Å². The molecule has 8 heteroatoms. The second-order valence-corrected chi connectivity index (χ2v) is 6.36. The quantitative estimate of drug-likeness (QED) is 0.639. The predicted molar refractivity (Wildman–Crippen MR) is 77.1 cm³/mol. The van der Waals surface area contributed by atoms with E-state index in [0.29, 0.717) is 18.4 Å². The Morgan fingerprint density at radius 1 is 1.38 bits per heavy atom. The number of aryl methyl sites for hydroxylation is 1. The van der Waals surface area contributed by atoms with Crippen LogP contribution in [0.4, 0.5) is 5.69 Å². The number of benzene rings is 1. The maximum Gasteiger partial charge on any atom is 0.270 e. The maximum atomic E-state index is 12.4. The average Bonchev–Trinajstić information content (AvgIpc) is 2.45. The molecule has 0 aromatic heterocycles. The molecule has 0 aliphatic rings. The lowest BCUT2D eigenvalue weighted by Crippen LogP contribution is -2.46. The van der Waals surface area contributed by atoms with Crippen molar-refractivity contribution in [3.05, 3.63) is 33.9 Å². The predicted octanol–water partition coefficient (Wildman–Crippen LogP) is 2.26. The van der Waals surface area contributed by atoms with Crippen LogP contribution in [0.15, 0.2) is 23.1 Å². The molecule has 1 aromatic rings. The molecular weight excluding hydrogens is 294 g/mol. The van der Waals surface area contributed by atoms with Gasteiger partial charge in [0.25, 0.3) is 5.69 Å². The molecule has 0 unspecified atom stereocenters. The van der Waals surface area contributed by atoms with E-state index in [9.17, 15) is 23.8 Å². The summed E-state index contributed by atoms with van der Waals surface area (Å²) in [4.78, 5) is 9.94. The summed E-state index contributed by atoms with van der Waals surface area (Å²) in [5.41, 5.74) is -1.14. The summed E-state index contributed by atoms with van der Waals surface area (Å²) < 4.78 is 27.2. The molecule has 0 saturated heterocycles. The van der Waals surface area contributed by atoms with Gasteiger partial charge < -0.3 is 0 Å². The van der Waals surface area contributed by atoms with Gasteiger partial charge in [-0.15, -0.1) is 0 Å². The molecular formula is C13H17N3O4S. The summed E-state index contributed by atoms with van der Waals surface area (Å²) in [5, 5.41) is 20.0. The van der Waals surface area contributed by atoms with E-state index in [1.807, 2.05) is 6.07 Å². The van der Waals surface area contributed by atoms with E-state index < -0.39 is 20.5 Å². The first-order chi connectivity index (χ1) is 9.71. The number of nitrogens with one attached hydrogen (secondary N) is 1. The Bertz CT molecular complexity index is 688. The standard InChI is InChI=1S/C13H17N3O4S/c1-4-13(5-2,9-14)15-21(19,20)12-8-11(16(17)18)7-6-10(12)3/h6-8,15H,4-5H2,1-3H3. The Hall–Kier alpha value is -1.98. The number of hydrogen-bond acceptors (Lipinski definition) is 5. The van der Waals surface area contributed by atoms with Crippen molar-refractivity contribution in [2.45, 2.75) is 44.0 Å². The van der Waals surface area contributed by atoms with E-state index in [4.69, 9.17) is 0 Å². The number of rotatable bonds is 6. The first kappa shape index (κ1) is 17.1. The van der Waals surface area contributed by atoms with Crippen molar-refractivity contribution in [2.24, 2.45) is 0 Å². The monoisotopic (exact) mass is 311 g/mol. The summed E-state index contributed by atoms with van der Waals surface area (Å²) in [6.45, 7) is 4.95. The van der Waals surface area contributed by atoms with E-state index in [1.54, 1.807) is 20.8 Å². The van der Waals surface area contributed by atoms with Crippen molar-refractivity contribution in [1.82, 2.24) is 4.72 Å². The van der Waals surface area contributed by atoms with Gasteiger partial charge in [-0.1, -0.05) is 19.9 Å². The summed E-state index contributed by atoms with van der Waals surface area (Å²) in [5.74, 6) is 0. The van der Waals surface area contributed by atoms with Gasteiger partial charge >= 0.3 is 0 Å². The largest absolute Gasteiger partial charge is 0.270 e. The molecule has 1 aromatic carbocycles. The molecule has 21 heavy (non-hydrogen) atoms. The fourth-order valence-electron chi connectivity index (χ4n) is 1.88. The Morgan fingerprint density at radius 3 is 2.38 bits per heavy atom. The summed E-state index contributed by atoms with van der Waals surface area (Å²) in [6.07, 6.45) is 0.598. The molecule has 7 nitrogen and oxygen atoms in total. The molecule has 114 valence electrons. The molecule has 0 aliphatic carbocycles. The topological polar surface area (TPSA) is 113 Å². The number of nitro groups is 1. The van der Waals surface area contributed by atoms with Crippen LogP contribution < -0.4 is 4.72 Å². The molecule has 0 amide bonds. The third-order valence-corrected chi connectivity index (χ3v) is 5.10. The summed E-state index contributed by atoms with van der Waals surface area (Å²) >= 11 is 0. The van der Waals surface area contributed by atoms with Crippen LogP contribution in [0.3, 0.4) is 0 Å². The zero-order valence-electron chi connectivity index (χ0n) is 12.1. The van der Waals surface area contributed by atoms with Crippen molar-refractivity contribution in [3.63, 3.8) is 0 Å². The second kappa shape index (κ2) is 6.20. The van der Waals surface area contributed by atoms with Crippen LogP contribution in [0.5, 0.6) is 0 Å². The number of non-ortho nitro benzene ring substituents is 1. The van der Waals surface area contributed by atoms with Crippen LogP contribution in [-0.2, 0) is 10.0 Å². The third-order valence-electron chi connectivity index (χ3n) is 3.42.